The predicted molar refractivity (Wildman–Crippen MR) is 101 cm³/mol. The van der Waals surface area contributed by atoms with E-state index in [1.54, 1.807) is 56.7 Å². The van der Waals surface area contributed by atoms with Gasteiger partial charge in [0.05, 0.1) is 38.2 Å². The normalized spacial score (nSPS) is 10.5. The van der Waals surface area contributed by atoms with Gasteiger partial charge >= 0.3 is 5.97 Å². The molecule has 6 nitrogen and oxygen atoms in total. The number of fused-ring (bicyclic) bond motifs is 1. The van der Waals surface area contributed by atoms with Crippen molar-refractivity contribution in [1.82, 2.24) is 4.98 Å². The number of ether oxygens (including phenoxy) is 3. The number of carbonyl (C=O) groups is 1. The molecule has 0 saturated heterocycles. The van der Waals surface area contributed by atoms with Crippen LogP contribution < -0.4 is 14.8 Å². The van der Waals surface area contributed by atoms with Crippen LogP contribution in [0, 0.1) is 0 Å². The Bertz CT molecular complexity index is 975. The molecule has 134 valence electrons. The van der Waals surface area contributed by atoms with E-state index in [0.717, 1.165) is 5.39 Å². The maximum Gasteiger partial charge on any atom is 0.356 e. The van der Waals surface area contributed by atoms with Gasteiger partial charge in [-0.05, 0) is 36.4 Å². The number of nitrogens with zero attached hydrogens (tertiary/aromatic N) is 1. The molecule has 0 atom stereocenters. The zero-order chi connectivity index (χ0) is 18.7. The average Bonchev–Trinajstić information content (AvgIpc) is 2.67. The number of benzene rings is 2. The number of anilines is 2. The van der Waals surface area contributed by atoms with E-state index in [4.69, 9.17) is 25.8 Å². The molecule has 7 heteroatoms. The van der Waals surface area contributed by atoms with Crippen molar-refractivity contribution in [3.63, 3.8) is 0 Å². The highest BCUT2D eigenvalue weighted by atomic mass is 35.5. The summed E-state index contributed by atoms with van der Waals surface area (Å²) in [6.45, 7) is 0. The van der Waals surface area contributed by atoms with Crippen molar-refractivity contribution in [2.24, 2.45) is 0 Å². The molecular weight excluding hydrogens is 356 g/mol. The number of hydrogen-bond acceptors (Lipinski definition) is 6. The van der Waals surface area contributed by atoms with E-state index in [-0.39, 0.29) is 5.69 Å². The molecule has 0 unspecified atom stereocenters. The van der Waals surface area contributed by atoms with Crippen LogP contribution in [0.2, 0.25) is 5.02 Å². The highest BCUT2D eigenvalue weighted by Crippen LogP contribution is 2.35. The van der Waals surface area contributed by atoms with Gasteiger partial charge in [0, 0.05) is 16.5 Å². The van der Waals surface area contributed by atoms with Gasteiger partial charge in [-0.15, -0.1) is 0 Å². The van der Waals surface area contributed by atoms with E-state index in [9.17, 15) is 4.79 Å². The van der Waals surface area contributed by atoms with Crippen LogP contribution in [0.5, 0.6) is 11.5 Å². The molecule has 3 rings (SSSR count). The van der Waals surface area contributed by atoms with Gasteiger partial charge in [-0.2, -0.15) is 0 Å². The standard InChI is InChI=1S/C19H17ClN2O4/c1-24-12-5-7-18(25-2)16(9-12)22-15-10-17(19(23)26-3)21-14-6-4-11(20)8-13(14)15/h4-10H,1-3H3,(H,21,22). The molecule has 26 heavy (non-hydrogen) atoms. The van der Waals surface area contributed by atoms with Gasteiger partial charge in [-0.3, -0.25) is 0 Å². The van der Waals surface area contributed by atoms with Crippen LogP contribution in [-0.4, -0.2) is 32.3 Å². The minimum absolute atomic E-state index is 0.187. The first-order chi connectivity index (χ1) is 12.5. The van der Waals surface area contributed by atoms with Gasteiger partial charge in [0.1, 0.15) is 11.5 Å². The number of rotatable bonds is 5. The van der Waals surface area contributed by atoms with Crippen LogP contribution in [-0.2, 0) is 4.74 Å². The fraction of sp³-hybridized carbons (Fsp3) is 0.158. The number of methoxy groups -OCH3 is 3. The van der Waals surface area contributed by atoms with Crippen LogP contribution in [0.25, 0.3) is 10.9 Å². The summed E-state index contributed by atoms with van der Waals surface area (Å²) in [5.41, 5.74) is 2.12. The Hall–Kier alpha value is -2.99. The summed E-state index contributed by atoms with van der Waals surface area (Å²) in [4.78, 5) is 16.3. The lowest BCUT2D eigenvalue weighted by Crippen LogP contribution is -2.06. The molecule has 0 radical (unpaired) electrons. The van der Waals surface area contributed by atoms with Crippen molar-refractivity contribution in [3.05, 3.63) is 53.2 Å². The topological polar surface area (TPSA) is 69.7 Å². The number of halogens is 1. The van der Waals surface area contributed by atoms with E-state index in [1.807, 2.05) is 0 Å². The largest absolute Gasteiger partial charge is 0.497 e. The van der Waals surface area contributed by atoms with Gasteiger partial charge in [0.2, 0.25) is 0 Å². The zero-order valence-electron chi connectivity index (χ0n) is 14.5. The summed E-state index contributed by atoms with van der Waals surface area (Å²) in [6, 6.07) is 12.2. The Morgan fingerprint density at radius 3 is 2.50 bits per heavy atom. The summed E-state index contributed by atoms with van der Waals surface area (Å²) < 4.78 is 15.5. The van der Waals surface area contributed by atoms with Gasteiger partial charge < -0.3 is 19.5 Å². The molecule has 0 bridgehead atoms. The molecule has 1 heterocycles. The highest BCUT2D eigenvalue weighted by molar-refractivity contribution is 6.31. The zero-order valence-corrected chi connectivity index (χ0v) is 15.3. The van der Waals surface area contributed by atoms with E-state index in [0.29, 0.717) is 33.4 Å². The molecular formula is C19H17ClN2O4. The second-order valence-corrected chi connectivity index (χ2v) is 5.84. The molecule has 2 aromatic carbocycles. The minimum atomic E-state index is -0.525. The van der Waals surface area contributed by atoms with Crippen LogP contribution >= 0.6 is 11.6 Å². The van der Waals surface area contributed by atoms with E-state index in [1.165, 1.54) is 7.11 Å². The average molecular weight is 373 g/mol. The lowest BCUT2D eigenvalue weighted by atomic mass is 10.1. The lowest BCUT2D eigenvalue weighted by molar-refractivity contribution is 0.0594. The van der Waals surface area contributed by atoms with Crippen LogP contribution in [0.15, 0.2) is 42.5 Å². The highest BCUT2D eigenvalue weighted by Gasteiger charge is 2.14. The van der Waals surface area contributed by atoms with Crippen LogP contribution in [0.3, 0.4) is 0 Å². The van der Waals surface area contributed by atoms with Crippen molar-refractivity contribution in [2.45, 2.75) is 0 Å². The maximum atomic E-state index is 12.0. The molecule has 0 amide bonds. The molecule has 1 N–H and O–H groups in total. The third-order valence-electron chi connectivity index (χ3n) is 3.84. The number of pyridine rings is 1. The fourth-order valence-corrected chi connectivity index (χ4v) is 2.74. The Kier molecular flexibility index (Phi) is 5.14. The third-order valence-corrected chi connectivity index (χ3v) is 4.08. The van der Waals surface area contributed by atoms with Crippen molar-refractivity contribution in [3.8, 4) is 11.5 Å². The first kappa shape index (κ1) is 17.8. The van der Waals surface area contributed by atoms with Gasteiger partial charge in [0.15, 0.2) is 5.69 Å². The van der Waals surface area contributed by atoms with Crippen LogP contribution in [0.1, 0.15) is 10.5 Å². The third kappa shape index (κ3) is 3.50. The number of hydrogen-bond donors (Lipinski definition) is 1. The first-order valence-electron chi connectivity index (χ1n) is 7.73. The summed E-state index contributed by atoms with van der Waals surface area (Å²) in [6.07, 6.45) is 0. The molecule has 0 aliphatic heterocycles. The summed E-state index contributed by atoms with van der Waals surface area (Å²) >= 11 is 6.14. The van der Waals surface area contributed by atoms with Crippen molar-refractivity contribution >= 4 is 39.8 Å². The Morgan fingerprint density at radius 1 is 1.00 bits per heavy atom. The molecule has 0 aliphatic carbocycles. The summed E-state index contributed by atoms with van der Waals surface area (Å²) in [5, 5.41) is 4.60. The van der Waals surface area contributed by atoms with E-state index < -0.39 is 5.97 Å². The SMILES string of the molecule is COC(=O)c1cc(Nc2cc(OC)ccc2OC)c2cc(Cl)ccc2n1. The second kappa shape index (κ2) is 7.49. The quantitative estimate of drug-likeness (QED) is 0.668. The Morgan fingerprint density at radius 2 is 1.81 bits per heavy atom. The molecule has 1 aromatic heterocycles. The lowest BCUT2D eigenvalue weighted by Gasteiger charge is -2.15. The summed E-state index contributed by atoms with van der Waals surface area (Å²) in [7, 11) is 4.48. The monoisotopic (exact) mass is 372 g/mol. The number of esters is 1. The molecule has 0 saturated carbocycles. The molecule has 0 spiro atoms. The fourth-order valence-electron chi connectivity index (χ4n) is 2.57. The smallest absolute Gasteiger partial charge is 0.356 e. The molecule has 3 aromatic rings. The van der Waals surface area contributed by atoms with Gasteiger partial charge in [-0.1, -0.05) is 11.6 Å². The molecule has 0 fully saturated rings. The Balaban J connectivity index is 2.17. The van der Waals surface area contributed by atoms with Gasteiger partial charge in [-0.25, -0.2) is 9.78 Å². The summed E-state index contributed by atoms with van der Waals surface area (Å²) in [5.74, 6) is 0.762. The number of carbonyl (C=O) groups excluding carboxylic acids is 1. The minimum Gasteiger partial charge on any atom is -0.497 e. The van der Waals surface area contributed by atoms with E-state index >= 15 is 0 Å². The number of nitrogens with one attached hydrogen (secondary N) is 1. The number of aromatic nitrogens is 1. The van der Waals surface area contributed by atoms with Crippen LogP contribution in [0.4, 0.5) is 11.4 Å². The molecule has 0 aliphatic rings. The maximum absolute atomic E-state index is 12.0. The van der Waals surface area contributed by atoms with Crippen molar-refractivity contribution in [1.29, 1.82) is 0 Å². The van der Waals surface area contributed by atoms with E-state index in [2.05, 4.69) is 10.3 Å². The predicted octanol–water partition coefficient (Wildman–Crippen LogP) is 4.44. The second-order valence-electron chi connectivity index (χ2n) is 5.40. The van der Waals surface area contributed by atoms with Gasteiger partial charge in [0.25, 0.3) is 0 Å². The first-order valence-corrected chi connectivity index (χ1v) is 8.11. The van der Waals surface area contributed by atoms with Crippen molar-refractivity contribution < 1.29 is 19.0 Å². The Labute approximate surface area is 155 Å². The van der Waals surface area contributed by atoms with Crippen molar-refractivity contribution in [2.75, 3.05) is 26.6 Å².